The molecule has 0 radical (unpaired) electrons. The van der Waals surface area contributed by atoms with Crippen LogP contribution < -0.4 is 11.1 Å². The molecule has 0 saturated heterocycles. The van der Waals surface area contributed by atoms with Crippen molar-refractivity contribution in [2.75, 3.05) is 11.1 Å². The van der Waals surface area contributed by atoms with Crippen molar-refractivity contribution in [2.24, 2.45) is 0 Å². The number of hydrogen-bond acceptors (Lipinski definition) is 2. The van der Waals surface area contributed by atoms with E-state index in [2.05, 4.69) is 21.2 Å². The van der Waals surface area contributed by atoms with Crippen LogP contribution in [0.15, 0.2) is 40.9 Å². The Bertz CT molecular complexity index is 626. The lowest BCUT2D eigenvalue weighted by molar-refractivity contribution is 0.102. The molecule has 0 unspecified atom stereocenters. The summed E-state index contributed by atoms with van der Waals surface area (Å²) >= 11 is 3.08. The number of carbonyl (C=O) groups excluding carboxylic acids is 1. The van der Waals surface area contributed by atoms with Crippen LogP contribution in [0.2, 0.25) is 0 Å². The molecule has 2 aromatic carbocycles. The average Bonchev–Trinajstić information content (AvgIpc) is 2.33. The molecular weight excluding hydrogens is 318 g/mol. The third-order valence-corrected chi connectivity index (χ3v) is 2.95. The summed E-state index contributed by atoms with van der Waals surface area (Å²) in [6.45, 7) is 0. The van der Waals surface area contributed by atoms with Crippen LogP contribution in [0.5, 0.6) is 0 Å². The van der Waals surface area contributed by atoms with E-state index in [1.165, 1.54) is 24.3 Å². The number of carbonyl (C=O) groups is 1. The Morgan fingerprint density at radius 3 is 2.53 bits per heavy atom. The lowest BCUT2D eigenvalue weighted by Crippen LogP contribution is -2.16. The van der Waals surface area contributed by atoms with Crippen LogP contribution in [0.3, 0.4) is 0 Å². The Balaban J connectivity index is 2.31. The second-order valence-electron chi connectivity index (χ2n) is 3.78. The molecule has 6 heteroatoms. The lowest BCUT2D eigenvalue weighted by Gasteiger charge is -2.09. The highest BCUT2D eigenvalue weighted by molar-refractivity contribution is 9.10. The number of hydrogen-bond donors (Lipinski definition) is 2. The quantitative estimate of drug-likeness (QED) is 0.829. The van der Waals surface area contributed by atoms with Crippen molar-refractivity contribution in [3.63, 3.8) is 0 Å². The molecule has 0 bridgehead atoms. The Morgan fingerprint density at radius 2 is 1.89 bits per heavy atom. The summed E-state index contributed by atoms with van der Waals surface area (Å²) < 4.78 is 27.6. The van der Waals surface area contributed by atoms with Gasteiger partial charge in [-0.15, -0.1) is 0 Å². The van der Waals surface area contributed by atoms with E-state index in [1.807, 2.05) is 0 Å². The van der Waals surface area contributed by atoms with Crippen LogP contribution in [0.25, 0.3) is 0 Å². The summed E-state index contributed by atoms with van der Waals surface area (Å²) in [5.41, 5.74) is 5.28. The fourth-order valence-electron chi connectivity index (χ4n) is 1.53. The SMILES string of the molecule is Nc1cccc(F)c1NC(=O)c1ccc(Br)cc1F. The number of benzene rings is 2. The first-order valence-corrected chi connectivity index (χ1v) is 6.08. The van der Waals surface area contributed by atoms with Crippen molar-refractivity contribution in [1.29, 1.82) is 0 Å². The summed E-state index contributed by atoms with van der Waals surface area (Å²) in [4.78, 5) is 11.9. The Kier molecular flexibility index (Phi) is 3.80. The van der Waals surface area contributed by atoms with E-state index in [1.54, 1.807) is 0 Å². The van der Waals surface area contributed by atoms with Crippen LogP contribution in [0, 0.1) is 11.6 Å². The number of nitrogen functional groups attached to an aromatic ring is 1. The second kappa shape index (κ2) is 5.36. The molecule has 2 aromatic rings. The molecule has 19 heavy (non-hydrogen) atoms. The predicted octanol–water partition coefficient (Wildman–Crippen LogP) is 3.56. The van der Waals surface area contributed by atoms with Gasteiger partial charge in [0.25, 0.3) is 5.91 Å². The fourth-order valence-corrected chi connectivity index (χ4v) is 1.86. The van der Waals surface area contributed by atoms with Crippen molar-refractivity contribution < 1.29 is 13.6 Å². The first-order chi connectivity index (χ1) is 8.99. The van der Waals surface area contributed by atoms with Crippen molar-refractivity contribution in [1.82, 2.24) is 0 Å². The van der Waals surface area contributed by atoms with E-state index in [0.29, 0.717) is 4.47 Å². The van der Waals surface area contributed by atoms with Gasteiger partial charge in [0.2, 0.25) is 0 Å². The third kappa shape index (κ3) is 2.90. The molecule has 3 N–H and O–H groups in total. The van der Waals surface area contributed by atoms with Gasteiger partial charge in [0.05, 0.1) is 11.3 Å². The van der Waals surface area contributed by atoms with E-state index < -0.39 is 17.5 Å². The van der Waals surface area contributed by atoms with Gasteiger partial charge in [0, 0.05) is 4.47 Å². The summed E-state index contributed by atoms with van der Waals surface area (Å²) in [5.74, 6) is -2.14. The van der Waals surface area contributed by atoms with Crippen LogP contribution in [-0.4, -0.2) is 5.91 Å². The van der Waals surface area contributed by atoms with Gasteiger partial charge in [0.1, 0.15) is 17.3 Å². The zero-order chi connectivity index (χ0) is 14.0. The van der Waals surface area contributed by atoms with Gasteiger partial charge >= 0.3 is 0 Å². The maximum atomic E-state index is 13.6. The number of halogens is 3. The third-order valence-electron chi connectivity index (χ3n) is 2.46. The molecule has 2 rings (SSSR count). The smallest absolute Gasteiger partial charge is 0.258 e. The topological polar surface area (TPSA) is 55.1 Å². The highest BCUT2D eigenvalue weighted by atomic mass is 79.9. The van der Waals surface area contributed by atoms with Crippen LogP contribution in [0.1, 0.15) is 10.4 Å². The predicted molar refractivity (Wildman–Crippen MR) is 72.9 cm³/mol. The van der Waals surface area contributed by atoms with Gasteiger partial charge in [-0.1, -0.05) is 22.0 Å². The lowest BCUT2D eigenvalue weighted by atomic mass is 10.2. The number of amides is 1. The van der Waals surface area contributed by atoms with Gasteiger partial charge < -0.3 is 11.1 Å². The molecule has 0 spiro atoms. The van der Waals surface area contributed by atoms with Crippen molar-refractivity contribution in [3.8, 4) is 0 Å². The van der Waals surface area contributed by atoms with E-state index in [-0.39, 0.29) is 16.9 Å². The summed E-state index contributed by atoms with van der Waals surface area (Å²) in [7, 11) is 0. The number of rotatable bonds is 2. The highest BCUT2D eigenvalue weighted by Crippen LogP contribution is 2.23. The first-order valence-electron chi connectivity index (χ1n) is 5.29. The van der Waals surface area contributed by atoms with Crippen molar-refractivity contribution >= 4 is 33.2 Å². The number of anilines is 2. The maximum absolute atomic E-state index is 13.6. The Labute approximate surface area is 116 Å². The van der Waals surface area contributed by atoms with Gasteiger partial charge in [-0.25, -0.2) is 8.78 Å². The van der Waals surface area contributed by atoms with E-state index in [9.17, 15) is 13.6 Å². The number of para-hydroxylation sites is 1. The average molecular weight is 327 g/mol. The molecule has 1 amide bonds. The summed E-state index contributed by atoms with van der Waals surface area (Å²) in [5, 5.41) is 2.26. The summed E-state index contributed by atoms with van der Waals surface area (Å²) in [6, 6.07) is 7.98. The van der Waals surface area contributed by atoms with Crippen LogP contribution >= 0.6 is 15.9 Å². The van der Waals surface area contributed by atoms with Crippen LogP contribution in [-0.2, 0) is 0 Å². The van der Waals surface area contributed by atoms with E-state index in [0.717, 1.165) is 12.1 Å². The van der Waals surface area contributed by atoms with Crippen molar-refractivity contribution in [3.05, 3.63) is 58.1 Å². The van der Waals surface area contributed by atoms with E-state index >= 15 is 0 Å². The van der Waals surface area contributed by atoms with E-state index in [4.69, 9.17) is 5.73 Å². The first kappa shape index (κ1) is 13.5. The number of nitrogens with two attached hydrogens (primary N) is 1. The van der Waals surface area contributed by atoms with Gasteiger partial charge in [-0.3, -0.25) is 4.79 Å². The molecule has 3 nitrogen and oxygen atoms in total. The normalized spacial score (nSPS) is 10.3. The molecule has 0 heterocycles. The Morgan fingerprint density at radius 1 is 1.16 bits per heavy atom. The molecule has 0 aromatic heterocycles. The molecule has 0 aliphatic heterocycles. The second-order valence-corrected chi connectivity index (χ2v) is 4.70. The van der Waals surface area contributed by atoms with Gasteiger partial charge in [0.15, 0.2) is 0 Å². The van der Waals surface area contributed by atoms with Gasteiger partial charge in [-0.2, -0.15) is 0 Å². The molecule has 0 fully saturated rings. The minimum absolute atomic E-state index is 0.0749. The highest BCUT2D eigenvalue weighted by Gasteiger charge is 2.15. The molecule has 0 atom stereocenters. The monoisotopic (exact) mass is 326 g/mol. The zero-order valence-electron chi connectivity index (χ0n) is 9.58. The molecular formula is C13H9BrF2N2O. The molecule has 0 saturated carbocycles. The number of nitrogens with one attached hydrogen (secondary N) is 1. The minimum atomic E-state index is -0.762. The van der Waals surface area contributed by atoms with Crippen molar-refractivity contribution in [2.45, 2.75) is 0 Å². The molecule has 0 aliphatic carbocycles. The Hall–Kier alpha value is -1.95. The molecule has 0 aliphatic rings. The zero-order valence-corrected chi connectivity index (χ0v) is 11.2. The largest absolute Gasteiger partial charge is 0.397 e. The van der Waals surface area contributed by atoms with Gasteiger partial charge in [-0.05, 0) is 30.3 Å². The summed E-state index contributed by atoms with van der Waals surface area (Å²) in [6.07, 6.45) is 0. The fraction of sp³-hybridized carbons (Fsp3) is 0. The minimum Gasteiger partial charge on any atom is -0.397 e. The molecule has 98 valence electrons. The maximum Gasteiger partial charge on any atom is 0.258 e. The van der Waals surface area contributed by atoms with Crippen LogP contribution in [0.4, 0.5) is 20.2 Å². The standard InChI is InChI=1S/C13H9BrF2N2O/c14-7-4-5-8(10(16)6-7)13(19)18-12-9(15)2-1-3-11(12)17/h1-6H,17H2,(H,18,19).